The van der Waals surface area contributed by atoms with Crippen molar-refractivity contribution in [2.45, 2.75) is 18.7 Å². The normalized spacial score (nSPS) is 13.2. The molecule has 2 aromatic carbocycles. The molecule has 0 heterocycles. The molecular weight excluding hydrogens is 283 g/mol. The van der Waals surface area contributed by atoms with Crippen LogP contribution in [-0.2, 0) is 6.54 Å². The van der Waals surface area contributed by atoms with E-state index in [0.29, 0.717) is 12.1 Å². The van der Waals surface area contributed by atoms with Gasteiger partial charge < -0.3 is 10.8 Å². The summed E-state index contributed by atoms with van der Waals surface area (Å²) >= 11 is 0. The Labute approximate surface area is 127 Å². The molecule has 0 fully saturated rings. The molecule has 0 saturated heterocycles. The van der Waals surface area contributed by atoms with Crippen molar-refractivity contribution in [2.24, 2.45) is 10.8 Å². The number of rotatable bonds is 6. The third-order valence-corrected chi connectivity index (χ3v) is 3.50. The van der Waals surface area contributed by atoms with E-state index < -0.39 is 18.8 Å². The molecule has 0 unspecified atom stereocenters. The van der Waals surface area contributed by atoms with E-state index in [1.165, 1.54) is 0 Å². The van der Waals surface area contributed by atoms with E-state index >= 15 is 0 Å². The lowest BCUT2D eigenvalue weighted by Gasteiger charge is -2.16. The van der Waals surface area contributed by atoms with Crippen LogP contribution in [0.1, 0.15) is 17.2 Å². The van der Waals surface area contributed by atoms with Crippen molar-refractivity contribution < 1.29 is 9.50 Å². The first-order valence-corrected chi connectivity index (χ1v) is 6.87. The molecule has 0 bridgehead atoms. The van der Waals surface area contributed by atoms with Crippen LogP contribution in [-0.4, -0.2) is 17.8 Å². The summed E-state index contributed by atoms with van der Waals surface area (Å²) in [4.78, 5) is 2.55. The van der Waals surface area contributed by atoms with Gasteiger partial charge in [-0.25, -0.2) is 0 Å². The van der Waals surface area contributed by atoms with Gasteiger partial charge in [0, 0.05) is 11.5 Å². The number of hydrogen-bond donors (Lipinski definition) is 2. The van der Waals surface area contributed by atoms with E-state index in [-0.39, 0.29) is 0 Å². The molecule has 2 aromatic rings. The highest BCUT2D eigenvalue weighted by molar-refractivity contribution is 5.64. The van der Waals surface area contributed by atoms with E-state index in [0.717, 1.165) is 16.7 Å². The van der Waals surface area contributed by atoms with Gasteiger partial charge in [-0.2, -0.15) is 0 Å². The van der Waals surface area contributed by atoms with Gasteiger partial charge in [0.1, 0.15) is 6.67 Å². The molecule has 0 aliphatic carbocycles. The Bertz CT molecular complexity index is 651. The summed E-state index contributed by atoms with van der Waals surface area (Å²) in [6.07, 6.45) is -1.16. The minimum atomic E-state index is -1.16. The average Bonchev–Trinajstić information content (AvgIpc) is 2.59. The molecule has 0 aromatic heterocycles. The zero-order valence-corrected chi connectivity index (χ0v) is 11.9. The van der Waals surface area contributed by atoms with Crippen molar-refractivity contribution in [2.75, 3.05) is 6.67 Å². The van der Waals surface area contributed by atoms with E-state index in [4.69, 9.17) is 11.3 Å². The van der Waals surface area contributed by atoms with Gasteiger partial charge in [-0.1, -0.05) is 53.6 Å². The molecule has 2 rings (SSSR count). The van der Waals surface area contributed by atoms with E-state index in [1.54, 1.807) is 12.1 Å². The highest BCUT2D eigenvalue weighted by Crippen LogP contribution is 2.25. The maximum Gasteiger partial charge on any atom is 0.101 e. The number of alkyl halides is 1. The molecule has 6 heteroatoms. The van der Waals surface area contributed by atoms with Gasteiger partial charge in [0.25, 0.3) is 0 Å². The minimum Gasteiger partial charge on any atom is -0.388 e. The number of benzene rings is 2. The standard InChI is InChI=1S/C16H17FN4O/c17-9-15(20-21-19)16(22)14-7-5-13(6-8-14)12-3-1-11(10-18)2-4-12/h1-8,15-16,22H,9-10,18H2/t15-,16-/m1/s1. The van der Waals surface area contributed by atoms with Crippen LogP contribution in [0.25, 0.3) is 21.6 Å². The summed E-state index contributed by atoms with van der Waals surface area (Å²) in [6, 6.07) is 13.8. The monoisotopic (exact) mass is 300 g/mol. The first-order chi connectivity index (χ1) is 10.7. The lowest BCUT2D eigenvalue weighted by atomic mass is 9.98. The maximum absolute atomic E-state index is 12.8. The summed E-state index contributed by atoms with van der Waals surface area (Å²) in [5.74, 6) is 0. The van der Waals surface area contributed by atoms with E-state index in [2.05, 4.69) is 10.0 Å². The fourth-order valence-electron chi connectivity index (χ4n) is 2.17. The largest absolute Gasteiger partial charge is 0.388 e. The predicted molar refractivity (Wildman–Crippen MR) is 83.6 cm³/mol. The first kappa shape index (κ1) is 16.0. The minimum absolute atomic E-state index is 0.495. The Morgan fingerprint density at radius 2 is 1.64 bits per heavy atom. The Balaban J connectivity index is 2.20. The molecule has 0 aliphatic heterocycles. The fourth-order valence-corrected chi connectivity index (χ4v) is 2.17. The van der Waals surface area contributed by atoms with Crippen LogP contribution >= 0.6 is 0 Å². The van der Waals surface area contributed by atoms with Gasteiger partial charge in [0.2, 0.25) is 0 Å². The van der Waals surface area contributed by atoms with Crippen molar-refractivity contribution in [1.29, 1.82) is 0 Å². The number of nitrogens with two attached hydrogens (primary N) is 1. The molecule has 0 saturated carbocycles. The molecule has 0 radical (unpaired) electrons. The fraction of sp³-hybridized carbons (Fsp3) is 0.250. The highest BCUT2D eigenvalue weighted by atomic mass is 19.1. The smallest absolute Gasteiger partial charge is 0.101 e. The Morgan fingerprint density at radius 3 is 2.09 bits per heavy atom. The van der Waals surface area contributed by atoms with Crippen molar-refractivity contribution in [3.63, 3.8) is 0 Å². The van der Waals surface area contributed by atoms with Crippen LogP contribution in [0.2, 0.25) is 0 Å². The third kappa shape index (κ3) is 3.62. The number of nitrogens with zero attached hydrogens (tertiary/aromatic N) is 3. The lowest BCUT2D eigenvalue weighted by Crippen LogP contribution is -2.17. The number of aliphatic hydroxyl groups is 1. The second-order valence-electron chi connectivity index (χ2n) is 4.89. The van der Waals surface area contributed by atoms with Gasteiger partial charge in [-0.3, -0.25) is 4.39 Å². The summed E-state index contributed by atoms with van der Waals surface area (Å²) in [5, 5.41) is 13.3. The van der Waals surface area contributed by atoms with Crippen molar-refractivity contribution in [3.05, 3.63) is 70.1 Å². The summed E-state index contributed by atoms with van der Waals surface area (Å²) in [6.45, 7) is -0.414. The molecule has 0 spiro atoms. The summed E-state index contributed by atoms with van der Waals surface area (Å²) in [7, 11) is 0. The highest BCUT2D eigenvalue weighted by Gasteiger charge is 2.19. The topological polar surface area (TPSA) is 95.0 Å². The molecule has 3 N–H and O–H groups in total. The van der Waals surface area contributed by atoms with Crippen LogP contribution in [0.3, 0.4) is 0 Å². The maximum atomic E-state index is 12.8. The van der Waals surface area contributed by atoms with Crippen LogP contribution in [0.5, 0.6) is 0 Å². The average molecular weight is 300 g/mol. The SMILES string of the molecule is [N-]=[N+]=N[C@H](CF)[C@H](O)c1ccc(-c2ccc(CN)cc2)cc1. The number of azide groups is 1. The van der Waals surface area contributed by atoms with Gasteiger partial charge in [0.15, 0.2) is 0 Å². The number of aliphatic hydroxyl groups excluding tert-OH is 1. The molecular formula is C16H17FN4O. The molecule has 5 nitrogen and oxygen atoms in total. The molecule has 22 heavy (non-hydrogen) atoms. The van der Waals surface area contributed by atoms with Crippen LogP contribution < -0.4 is 5.73 Å². The van der Waals surface area contributed by atoms with Crippen molar-refractivity contribution >= 4 is 0 Å². The first-order valence-electron chi connectivity index (χ1n) is 6.87. The Morgan fingerprint density at radius 1 is 1.09 bits per heavy atom. The summed E-state index contributed by atoms with van der Waals surface area (Å²) < 4.78 is 12.8. The van der Waals surface area contributed by atoms with Crippen LogP contribution in [0.4, 0.5) is 4.39 Å². The lowest BCUT2D eigenvalue weighted by molar-refractivity contribution is 0.132. The predicted octanol–water partition coefficient (Wildman–Crippen LogP) is 3.49. The zero-order chi connectivity index (χ0) is 15.9. The molecule has 0 amide bonds. The van der Waals surface area contributed by atoms with Gasteiger partial charge >= 0.3 is 0 Å². The second-order valence-corrected chi connectivity index (χ2v) is 4.89. The molecule has 0 aliphatic rings. The summed E-state index contributed by atoms with van der Waals surface area (Å²) in [5.41, 5.74) is 17.5. The Kier molecular flexibility index (Phi) is 5.49. The molecule has 114 valence electrons. The third-order valence-electron chi connectivity index (χ3n) is 3.50. The Hall–Kier alpha value is -2.40. The zero-order valence-electron chi connectivity index (χ0n) is 11.9. The second kappa shape index (κ2) is 7.56. The van der Waals surface area contributed by atoms with Crippen molar-refractivity contribution in [1.82, 2.24) is 0 Å². The van der Waals surface area contributed by atoms with E-state index in [9.17, 15) is 9.50 Å². The van der Waals surface area contributed by atoms with Gasteiger partial charge in [0.05, 0.1) is 12.1 Å². The molecule has 2 atom stereocenters. The number of halogens is 1. The van der Waals surface area contributed by atoms with Gasteiger partial charge in [-0.15, -0.1) is 0 Å². The quantitative estimate of drug-likeness (QED) is 0.485. The van der Waals surface area contributed by atoms with Crippen LogP contribution in [0.15, 0.2) is 53.6 Å². The number of hydrogen-bond acceptors (Lipinski definition) is 3. The van der Waals surface area contributed by atoms with E-state index in [1.807, 2.05) is 36.4 Å². The van der Waals surface area contributed by atoms with Crippen LogP contribution in [0, 0.1) is 0 Å². The van der Waals surface area contributed by atoms with Gasteiger partial charge in [-0.05, 0) is 27.8 Å². The van der Waals surface area contributed by atoms with Crippen molar-refractivity contribution in [3.8, 4) is 11.1 Å².